The lowest BCUT2D eigenvalue weighted by atomic mass is 9.96. The van der Waals surface area contributed by atoms with Gasteiger partial charge in [-0.2, -0.15) is 0 Å². The van der Waals surface area contributed by atoms with Gasteiger partial charge in [0, 0.05) is 18.4 Å². The third-order valence-corrected chi connectivity index (χ3v) is 3.36. The van der Waals surface area contributed by atoms with Crippen LogP contribution in [0.5, 0.6) is 0 Å². The summed E-state index contributed by atoms with van der Waals surface area (Å²) in [6, 6.07) is 4.54. The summed E-state index contributed by atoms with van der Waals surface area (Å²) in [5.74, 6) is 5.99. The zero-order valence-electron chi connectivity index (χ0n) is 11.8. The van der Waals surface area contributed by atoms with Gasteiger partial charge in [0.15, 0.2) is 0 Å². The van der Waals surface area contributed by atoms with E-state index in [2.05, 4.69) is 27.8 Å². The number of aliphatic hydroxyl groups is 1. The molecule has 0 aliphatic carbocycles. The number of likely N-dealkylation sites (tertiary alicyclic amines) is 1. The number of hydrogen-bond donors (Lipinski definition) is 1. The highest BCUT2D eigenvalue weighted by molar-refractivity contribution is 5.17. The molecule has 3 heteroatoms. The maximum absolute atomic E-state index is 9.63. The molecular weight excluding hydrogens is 236 g/mol. The van der Waals surface area contributed by atoms with E-state index in [9.17, 15) is 5.11 Å². The number of nitrogens with zero attached hydrogens (tertiary/aromatic N) is 2. The van der Waals surface area contributed by atoms with Crippen LogP contribution in [0.2, 0.25) is 0 Å². The zero-order valence-corrected chi connectivity index (χ0v) is 11.8. The second-order valence-electron chi connectivity index (χ2n) is 5.63. The van der Waals surface area contributed by atoms with E-state index in [1.54, 1.807) is 13.8 Å². The molecule has 0 aromatic carbocycles. The molecule has 0 bridgehead atoms. The van der Waals surface area contributed by atoms with Crippen LogP contribution in [0.3, 0.4) is 0 Å². The normalized spacial score (nSPS) is 20.7. The zero-order chi connectivity index (χ0) is 13.7. The highest BCUT2D eigenvalue weighted by Crippen LogP contribution is 2.29. The Morgan fingerprint density at radius 1 is 1.47 bits per heavy atom. The van der Waals surface area contributed by atoms with Crippen LogP contribution in [-0.4, -0.2) is 33.7 Å². The average molecular weight is 258 g/mol. The molecule has 19 heavy (non-hydrogen) atoms. The summed E-state index contributed by atoms with van der Waals surface area (Å²) < 4.78 is 0. The molecule has 0 spiro atoms. The van der Waals surface area contributed by atoms with E-state index >= 15 is 0 Å². The topological polar surface area (TPSA) is 36.4 Å². The summed E-state index contributed by atoms with van der Waals surface area (Å²) in [6.07, 6.45) is 7.41. The average Bonchev–Trinajstić information content (AvgIpc) is 2.39. The minimum atomic E-state index is -0.903. The first-order valence-electron chi connectivity index (χ1n) is 6.93. The van der Waals surface area contributed by atoms with Crippen LogP contribution < -0.4 is 0 Å². The van der Waals surface area contributed by atoms with Crippen LogP contribution in [0.4, 0.5) is 0 Å². The van der Waals surface area contributed by atoms with Crippen LogP contribution >= 0.6 is 0 Å². The Kier molecular flexibility index (Phi) is 4.57. The molecule has 2 heterocycles. The van der Waals surface area contributed by atoms with Crippen LogP contribution in [0.25, 0.3) is 0 Å². The standard InChI is InChI=1S/C16H22N2O/c1-16(2,19)9-6-12-18-11-4-3-8-15(18)14-7-5-10-17-13-14/h5,7,10,13,15,19H,3-4,8,11-12H2,1-2H3. The van der Waals surface area contributed by atoms with Gasteiger partial charge in [-0.05, 0) is 44.9 Å². The lowest BCUT2D eigenvalue weighted by Gasteiger charge is -2.34. The molecule has 1 aromatic heterocycles. The van der Waals surface area contributed by atoms with E-state index < -0.39 is 5.60 Å². The fraction of sp³-hybridized carbons (Fsp3) is 0.562. The number of hydrogen-bond acceptors (Lipinski definition) is 3. The lowest BCUT2D eigenvalue weighted by molar-refractivity contribution is 0.142. The predicted molar refractivity (Wildman–Crippen MR) is 76.5 cm³/mol. The summed E-state index contributed by atoms with van der Waals surface area (Å²) in [6.45, 7) is 5.22. The molecule has 0 saturated carbocycles. The van der Waals surface area contributed by atoms with Gasteiger partial charge in [-0.15, -0.1) is 0 Å². The summed E-state index contributed by atoms with van der Waals surface area (Å²) in [5.41, 5.74) is 0.367. The van der Waals surface area contributed by atoms with Crippen molar-refractivity contribution in [2.45, 2.75) is 44.8 Å². The smallest absolute Gasteiger partial charge is 0.120 e. The SMILES string of the molecule is CC(C)(O)C#CCN1CCCCC1c1cccnc1. The maximum Gasteiger partial charge on any atom is 0.120 e. The van der Waals surface area contributed by atoms with Crippen LogP contribution in [0.15, 0.2) is 24.5 Å². The Bertz CT molecular complexity index is 453. The summed E-state index contributed by atoms with van der Waals surface area (Å²) >= 11 is 0. The molecule has 1 aromatic rings. The van der Waals surface area contributed by atoms with Gasteiger partial charge < -0.3 is 5.11 Å². The molecule has 2 rings (SSSR count). The predicted octanol–water partition coefficient (Wildman–Crippen LogP) is 2.38. The monoisotopic (exact) mass is 258 g/mol. The van der Waals surface area contributed by atoms with Gasteiger partial charge in [-0.1, -0.05) is 24.3 Å². The van der Waals surface area contributed by atoms with Crippen molar-refractivity contribution in [3.63, 3.8) is 0 Å². The number of rotatable bonds is 2. The van der Waals surface area contributed by atoms with Crippen molar-refractivity contribution in [2.24, 2.45) is 0 Å². The van der Waals surface area contributed by atoms with E-state index in [-0.39, 0.29) is 0 Å². The quantitative estimate of drug-likeness (QED) is 0.827. The van der Waals surface area contributed by atoms with Crippen molar-refractivity contribution in [1.29, 1.82) is 0 Å². The fourth-order valence-electron chi connectivity index (χ4n) is 2.49. The summed E-state index contributed by atoms with van der Waals surface area (Å²) in [4.78, 5) is 6.60. The highest BCUT2D eigenvalue weighted by Gasteiger charge is 2.23. The minimum absolute atomic E-state index is 0.415. The van der Waals surface area contributed by atoms with Gasteiger partial charge in [0.25, 0.3) is 0 Å². The first kappa shape index (κ1) is 14.0. The molecule has 3 nitrogen and oxygen atoms in total. The maximum atomic E-state index is 9.63. The first-order valence-corrected chi connectivity index (χ1v) is 6.93. The van der Waals surface area contributed by atoms with Crippen LogP contribution in [-0.2, 0) is 0 Å². The van der Waals surface area contributed by atoms with Crippen LogP contribution in [0.1, 0.15) is 44.7 Å². The third kappa shape index (κ3) is 4.34. The molecule has 1 aliphatic heterocycles. The summed E-state index contributed by atoms with van der Waals surface area (Å²) in [7, 11) is 0. The van der Waals surface area contributed by atoms with E-state index in [0.29, 0.717) is 12.6 Å². The largest absolute Gasteiger partial charge is 0.378 e. The van der Waals surface area contributed by atoms with Crippen molar-refractivity contribution in [1.82, 2.24) is 9.88 Å². The Morgan fingerprint density at radius 3 is 3.00 bits per heavy atom. The van der Waals surface area contributed by atoms with E-state index in [4.69, 9.17) is 0 Å². The van der Waals surface area contributed by atoms with Crippen molar-refractivity contribution in [3.8, 4) is 11.8 Å². The molecule has 102 valence electrons. The molecule has 1 aliphatic rings. The Labute approximate surface area is 115 Å². The van der Waals surface area contributed by atoms with E-state index in [1.165, 1.54) is 18.4 Å². The van der Waals surface area contributed by atoms with Crippen molar-refractivity contribution in [3.05, 3.63) is 30.1 Å². The number of piperidine rings is 1. The van der Waals surface area contributed by atoms with Gasteiger partial charge in [0.1, 0.15) is 5.60 Å². The molecule has 0 radical (unpaired) electrons. The van der Waals surface area contributed by atoms with Gasteiger partial charge in [0.05, 0.1) is 6.54 Å². The second kappa shape index (κ2) is 6.18. The molecule has 0 amide bonds. The Morgan fingerprint density at radius 2 is 2.32 bits per heavy atom. The van der Waals surface area contributed by atoms with Crippen molar-refractivity contribution in [2.75, 3.05) is 13.1 Å². The summed E-state index contributed by atoms with van der Waals surface area (Å²) in [5, 5.41) is 9.63. The minimum Gasteiger partial charge on any atom is -0.378 e. The first-order chi connectivity index (χ1) is 9.06. The molecule has 1 saturated heterocycles. The van der Waals surface area contributed by atoms with Crippen molar-refractivity contribution < 1.29 is 5.11 Å². The molecule has 1 fully saturated rings. The Hall–Kier alpha value is -1.37. The Balaban J connectivity index is 2.06. The molecule has 1 unspecified atom stereocenters. The number of pyridine rings is 1. The van der Waals surface area contributed by atoms with Crippen molar-refractivity contribution >= 4 is 0 Å². The van der Waals surface area contributed by atoms with E-state index in [0.717, 1.165) is 13.0 Å². The molecular formula is C16H22N2O. The molecule has 1 atom stereocenters. The van der Waals surface area contributed by atoms with Gasteiger partial charge >= 0.3 is 0 Å². The third-order valence-electron chi connectivity index (χ3n) is 3.36. The van der Waals surface area contributed by atoms with E-state index in [1.807, 2.05) is 18.5 Å². The van der Waals surface area contributed by atoms with Gasteiger partial charge in [-0.25, -0.2) is 0 Å². The highest BCUT2D eigenvalue weighted by atomic mass is 16.3. The second-order valence-corrected chi connectivity index (χ2v) is 5.63. The lowest BCUT2D eigenvalue weighted by Crippen LogP contribution is -2.34. The van der Waals surface area contributed by atoms with Gasteiger partial charge in [-0.3, -0.25) is 9.88 Å². The number of aromatic nitrogens is 1. The molecule has 1 N–H and O–H groups in total. The van der Waals surface area contributed by atoms with Crippen LogP contribution in [0, 0.1) is 11.8 Å². The van der Waals surface area contributed by atoms with Gasteiger partial charge in [0.2, 0.25) is 0 Å². The fourth-order valence-corrected chi connectivity index (χ4v) is 2.49.